The molecule has 0 bridgehead atoms. The molecule has 0 heterocycles. The van der Waals surface area contributed by atoms with Gasteiger partial charge in [0.05, 0.1) is 0 Å². The summed E-state index contributed by atoms with van der Waals surface area (Å²) < 4.78 is 0. The topological polar surface area (TPSA) is 91.5 Å². The van der Waals surface area contributed by atoms with E-state index in [2.05, 4.69) is 25.8 Å². The Morgan fingerprint density at radius 1 is 1.46 bits per heavy atom. The van der Waals surface area contributed by atoms with E-state index in [0.29, 0.717) is 0 Å². The SMILES string of the molecule is CCC(C)(C)N(C)/C(N)=N/C(=N)N. The lowest BCUT2D eigenvalue weighted by Gasteiger charge is -2.35. The molecule has 0 saturated heterocycles. The van der Waals surface area contributed by atoms with Gasteiger partial charge in [0.1, 0.15) is 0 Å². The second kappa shape index (κ2) is 4.11. The molecule has 0 rings (SSSR count). The quantitative estimate of drug-likeness (QED) is 0.427. The molecule has 0 aromatic heterocycles. The summed E-state index contributed by atoms with van der Waals surface area (Å²) >= 11 is 0. The van der Waals surface area contributed by atoms with E-state index in [9.17, 15) is 0 Å². The highest BCUT2D eigenvalue weighted by atomic mass is 15.3. The molecule has 13 heavy (non-hydrogen) atoms. The van der Waals surface area contributed by atoms with Gasteiger partial charge in [0.2, 0.25) is 5.96 Å². The normalized spacial score (nSPS) is 12.8. The lowest BCUT2D eigenvalue weighted by Crippen LogP contribution is -2.48. The van der Waals surface area contributed by atoms with Crippen LogP contribution >= 0.6 is 0 Å². The van der Waals surface area contributed by atoms with Crippen molar-refractivity contribution in [3.63, 3.8) is 0 Å². The third-order valence-corrected chi connectivity index (χ3v) is 2.35. The van der Waals surface area contributed by atoms with Crippen molar-refractivity contribution in [3.05, 3.63) is 0 Å². The number of hydrogen-bond acceptors (Lipinski definition) is 1. The minimum Gasteiger partial charge on any atom is -0.369 e. The van der Waals surface area contributed by atoms with Crippen LogP contribution in [-0.4, -0.2) is 29.4 Å². The van der Waals surface area contributed by atoms with E-state index in [0.717, 1.165) is 6.42 Å². The number of aliphatic imine (C=N–C) groups is 1. The molecule has 0 aliphatic rings. The van der Waals surface area contributed by atoms with Crippen molar-refractivity contribution < 1.29 is 0 Å². The van der Waals surface area contributed by atoms with Gasteiger partial charge in [0, 0.05) is 12.6 Å². The van der Waals surface area contributed by atoms with Crippen LogP contribution in [0.5, 0.6) is 0 Å². The van der Waals surface area contributed by atoms with Gasteiger partial charge in [-0.3, -0.25) is 5.41 Å². The molecule has 0 radical (unpaired) electrons. The van der Waals surface area contributed by atoms with E-state index in [-0.39, 0.29) is 17.5 Å². The molecule has 0 aromatic rings. The number of hydrogen-bond donors (Lipinski definition) is 3. The van der Waals surface area contributed by atoms with E-state index in [4.69, 9.17) is 16.9 Å². The average Bonchev–Trinajstić information content (AvgIpc) is 2.01. The molecule has 0 aromatic carbocycles. The van der Waals surface area contributed by atoms with Crippen LogP contribution in [0.1, 0.15) is 27.2 Å². The first-order valence-corrected chi connectivity index (χ1v) is 4.23. The van der Waals surface area contributed by atoms with Gasteiger partial charge in [0.25, 0.3) is 0 Å². The van der Waals surface area contributed by atoms with E-state index in [1.165, 1.54) is 0 Å². The second-order valence-corrected chi connectivity index (χ2v) is 3.58. The van der Waals surface area contributed by atoms with E-state index < -0.39 is 0 Å². The van der Waals surface area contributed by atoms with Gasteiger partial charge in [-0.2, -0.15) is 4.99 Å². The number of rotatable bonds is 2. The molecule has 76 valence electrons. The number of nitrogens with one attached hydrogen (secondary N) is 1. The minimum absolute atomic E-state index is 0.0664. The van der Waals surface area contributed by atoms with Gasteiger partial charge in [0.15, 0.2) is 5.96 Å². The van der Waals surface area contributed by atoms with Crippen molar-refractivity contribution >= 4 is 11.9 Å². The Kier molecular flexibility index (Phi) is 3.71. The fourth-order valence-corrected chi connectivity index (χ4v) is 0.746. The molecule has 5 heteroatoms. The van der Waals surface area contributed by atoms with Crippen LogP contribution in [0.3, 0.4) is 0 Å². The highest BCUT2D eigenvalue weighted by molar-refractivity contribution is 5.91. The van der Waals surface area contributed by atoms with Crippen molar-refractivity contribution in [2.45, 2.75) is 32.7 Å². The summed E-state index contributed by atoms with van der Waals surface area (Å²) in [6.45, 7) is 6.17. The molecule has 0 aliphatic carbocycles. The molecule has 0 unspecified atom stereocenters. The smallest absolute Gasteiger partial charge is 0.215 e. The van der Waals surface area contributed by atoms with Crippen LogP contribution < -0.4 is 11.5 Å². The van der Waals surface area contributed by atoms with Gasteiger partial charge in [-0.25, -0.2) is 0 Å². The summed E-state index contributed by atoms with van der Waals surface area (Å²) in [4.78, 5) is 5.49. The molecular weight excluding hydrogens is 166 g/mol. The fourth-order valence-electron chi connectivity index (χ4n) is 0.746. The summed E-state index contributed by atoms with van der Waals surface area (Å²) in [7, 11) is 1.84. The predicted octanol–water partition coefficient (Wildman–Crippen LogP) is 0.315. The Labute approximate surface area is 79.3 Å². The number of guanidine groups is 2. The maximum absolute atomic E-state index is 6.96. The van der Waals surface area contributed by atoms with Crippen LogP contribution in [0, 0.1) is 5.41 Å². The summed E-state index contributed by atoms with van der Waals surface area (Å²) in [5.41, 5.74) is 10.7. The molecule has 0 atom stereocenters. The Balaban J connectivity index is 4.60. The predicted molar refractivity (Wildman–Crippen MR) is 55.7 cm³/mol. The van der Waals surface area contributed by atoms with Crippen molar-refractivity contribution in [2.75, 3.05) is 7.05 Å². The van der Waals surface area contributed by atoms with Crippen LogP contribution in [0.2, 0.25) is 0 Å². The Bertz CT molecular complexity index is 219. The first kappa shape index (κ1) is 11.7. The summed E-state index contributed by atoms with van der Waals surface area (Å²) in [6.07, 6.45) is 0.942. The summed E-state index contributed by atoms with van der Waals surface area (Å²) in [5.74, 6) is 0.00982. The van der Waals surface area contributed by atoms with Gasteiger partial charge < -0.3 is 16.4 Å². The first-order chi connectivity index (χ1) is 5.81. The van der Waals surface area contributed by atoms with Gasteiger partial charge in [-0.15, -0.1) is 0 Å². The standard InChI is InChI=1S/C8H19N5/c1-5-8(2,3)13(4)7(11)12-6(9)10/h5H2,1-4H3,(H5,9,10,11,12). The van der Waals surface area contributed by atoms with Crippen molar-refractivity contribution in [2.24, 2.45) is 16.5 Å². The Hall–Kier alpha value is -1.26. The molecule has 0 amide bonds. The first-order valence-electron chi connectivity index (χ1n) is 4.23. The maximum atomic E-state index is 6.96. The molecule has 0 saturated carbocycles. The lowest BCUT2D eigenvalue weighted by atomic mass is 10.0. The molecule has 5 N–H and O–H groups in total. The highest BCUT2D eigenvalue weighted by Gasteiger charge is 2.22. The third kappa shape index (κ3) is 3.31. The fraction of sp³-hybridized carbons (Fsp3) is 0.750. The molecule has 0 aliphatic heterocycles. The molecular formula is C8H19N5. The largest absolute Gasteiger partial charge is 0.369 e. The summed E-state index contributed by atoms with van der Waals surface area (Å²) in [5, 5.41) is 6.96. The Morgan fingerprint density at radius 3 is 2.23 bits per heavy atom. The van der Waals surface area contributed by atoms with E-state index in [1.54, 1.807) is 0 Å². The van der Waals surface area contributed by atoms with Crippen LogP contribution in [0.15, 0.2) is 4.99 Å². The van der Waals surface area contributed by atoms with Gasteiger partial charge in [-0.1, -0.05) is 6.92 Å². The zero-order chi connectivity index (χ0) is 10.6. The second-order valence-electron chi connectivity index (χ2n) is 3.58. The molecule has 5 nitrogen and oxygen atoms in total. The van der Waals surface area contributed by atoms with Crippen LogP contribution in [0.4, 0.5) is 0 Å². The Morgan fingerprint density at radius 2 is 1.92 bits per heavy atom. The number of nitrogens with two attached hydrogens (primary N) is 2. The average molecular weight is 185 g/mol. The van der Waals surface area contributed by atoms with Crippen LogP contribution in [0.25, 0.3) is 0 Å². The van der Waals surface area contributed by atoms with Crippen LogP contribution in [-0.2, 0) is 0 Å². The van der Waals surface area contributed by atoms with Crippen molar-refractivity contribution in [3.8, 4) is 0 Å². The lowest BCUT2D eigenvalue weighted by molar-refractivity contribution is 0.244. The zero-order valence-electron chi connectivity index (χ0n) is 8.76. The third-order valence-electron chi connectivity index (χ3n) is 2.35. The zero-order valence-corrected chi connectivity index (χ0v) is 8.76. The van der Waals surface area contributed by atoms with Gasteiger partial charge in [-0.05, 0) is 20.3 Å². The van der Waals surface area contributed by atoms with E-state index >= 15 is 0 Å². The number of nitrogens with zero attached hydrogens (tertiary/aromatic N) is 2. The van der Waals surface area contributed by atoms with Crippen molar-refractivity contribution in [1.29, 1.82) is 5.41 Å². The highest BCUT2D eigenvalue weighted by Crippen LogP contribution is 2.15. The molecule has 0 spiro atoms. The molecule has 0 fully saturated rings. The summed E-state index contributed by atoms with van der Waals surface area (Å²) in [6, 6.07) is 0. The maximum Gasteiger partial charge on any atom is 0.215 e. The van der Waals surface area contributed by atoms with E-state index in [1.807, 2.05) is 11.9 Å². The van der Waals surface area contributed by atoms with Gasteiger partial charge >= 0.3 is 0 Å². The minimum atomic E-state index is -0.267. The van der Waals surface area contributed by atoms with Crippen molar-refractivity contribution in [1.82, 2.24) is 4.90 Å². The monoisotopic (exact) mass is 185 g/mol.